The van der Waals surface area contributed by atoms with Crippen LogP contribution >= 0.6 is 0 Å². The van der Waals surface area contributed by atoms with E-state index in [2.05, 4.69) is 10.6 Å². The normalized spacial score (nSPS) is 9.24. The molecule has 5 N–H and O–H groups in total. The van der Waals surface area contributed by atoms with Gasteiger partial charge in [-0.25, -0.2) is 0 Å². The predicted octanol–water partition coefficient (Wildman–Crippen LogP) is -0.150. The first-order valence-electron chi connectivity index (χ1n) is 6.59. The zero-order chi connectivity index (χ0) is 15.9. The van der Waals surface area contributed by atoms with E-state index < -0.39 is 0 Å². The third kappa shape index (κ3) is 9.42. The molecule has 0 aliphatic rings. The van der Waals surface area contributed by atoms with Crippen LogP contribution in [0.25, 0.3) is 0 Å². The van der Waals surface area contributed by atoms with Gasteiger partial charge in [0.05, 0.1) is 12.2 Å². The Balaban J connectivity index is 0.000000486. The molecule has 2 amide bonds. The van der Waals surface area contributed by atoms with E-state index in [9.17, 15) is 14.7 Å². The standard InChI is InChI=1S/C10H13NO3.C4H10N2O/c1-14-7-6-11-10(13)8-4-2-3-5-9(8)12;5-2-1-3-6-4-7/h2-5,12H,6-7H2,1H3,(H,11,13);4H,1-3,5H2,(H,6,7). The summed E-state index contributed by atoms with van der Waals surface area (Å²) < 4.78 is 4.78. The molecule has 7 heteroatoms. The van der Waals surface area contributed by atoms with Gasteiger partial charge in [-0.1, -0.05) is 12.1 Å². The van der Waals surface area contributed by atoms with Crippen LogP contribution in [0.1, 0.15) is 16.8 Å². The predicted molar refractivity (Wildman–Crippen MR) is 80.1 cm³/mol. The molecular weight excluding hydrogens is 274 g/mol. The van der Waals surface area contributed by atoms with Gasteiger partial charge in [-0.05, 0) is 25.1 Å². The molecule has 0 aliphatic carbocycles. The number of rotatable bonds is 8. The second kappa shape index (κ2) is 12.9. The van der Waals surface area contributed by atoms with Crippen LogP contribution in [0.15, 0.2) is 24.3 Å². The molecule has 0 saturated heterocycles. The molecule has 7 nitrogen and oxygen atoms in total. The molecule has 0 bridgehead atoms. The Bertz CT molecular complexity index is 413. The third-order valence-corrected chi connectivity index (χ3v) is 2.35. The molecule has 0 atom stereocenters. The Hall–Kier alpha value is -2.12. The second-order valence-electron chi connectivity index (χ2n) is 3.98. The number of phenols is 1. The fourth-order valence-electron chi connectivity index (χ4n) is 1.29. The van der Waals surface area contributed by atoms with Crippen LogP contribution in [-0.4, -0.2) is 50.8 Å². The van der Waals surface area contributed by atoms with Gasteiger partial charge in [0.15, 0.2) is 0 Å². The summed E-state index contributed by atoms with van der Waals surface area (Å²) in [7, 11) is 1.56. The van der Waals surface area contributed by atoms with Crippen LogP contribution in [0.2, 0.25) is 0 Å². The maximum absolute atomic E-state index is 11.4. The number of ether oxygens (including phenoxy) is 1. The number of carbonyl (C=O) groups is 2. The molecule has 0 spiro atoms. The van der Waals surface area contributed by atoms with E-state index in [4.69, 9.17) is 10.5 Å². The molecule has 21 heavy (non-hydrogen) atoms. The van der Waals surface area contributed by atoms with Gasteiger partial charge in [0.1, 0.15) is 5.75 Å². The lowest BCUT2D eigenvalue weighted by Crippen LogP contribution is -2.26. The monoisotopic (exact) mass is 297 g/mol. The van der Waals surface area contributed by atoms with Crippen molar-refractivity contribution in [1.29, 1.82) is 0 Å². The van der Waals surface area contributed by atoms with Crippen LogP contribution in [0.5, 0.6) is 5.75 Å². The number of hydrogen-bond donors (Lipinski definition) is 4. The summed E-state index contributed by atoms with van der Waals surface area (Å²) in [6, 6.07) is 6.41. The van der Waals surface area contributed by atoms with Crippen molar-refractivity contribution in [2.24, 2.45) is 5.73 Å². The fourth-order valence-corrected chi connectivity index (χ4v) is 1.29. The number of para-hydroxylation sites is 1. The summed E-state index contributed by atoms with van der Waals surface area (Å²) in [5.41, 5.74) is 5.39. The molecule has 0 aromatic heterocycles. The minimum atomic E-state index is -0.292. The lowest BCUT2D eigenvalue weighted by Gasteiger charge is -2.05. The first-order chi connectivity index (χ1) is 10.2. The Morgan fingerprint density at radius 2 is 2.10 bits per heavy atom. The molecule has 0 heterocycles. The van der Waals surface area contributed by atoms with E-state index in [1.165, 1.54) is 6.07 Å². The van der Waals surface area contributed by atoms with Crippen molar-refractivity contribution in [3.8, 4) is 5.75 Å². The van der Waals surface area contributed by atoms with Crippen molar-refractivity contribution >= 4 is 12.3 Å². The van der Waals surface area contributed by atoms with Gasteiger partial charge < -0.3 is 26.2 Å². The minimum Gasteiger partial charge on any atom is -0.507 e. The molecule has 118 valence electrons. The van der Waals surface area contributed by atoms with Crippen LogP contribution in [0.4, 0.5) is 0 Å². The van der Waals surface area contributed by atoms with Crippen molar-refractivity contribution in [1.82, 2.24) is 10.6 Å². The highest BCUT2D eigenvalue weighted by molar-refractivity contribution is 5.96. The van der Waals surface area contributed by atoms with Crippen molar-refractivity contribution in [3.05, 3.63) is 29.8 Å². The molecule has 0 fully saturated rings. The molecular formula is C14H23N3O4. The number of hydrogen-bond acceptors (Lipinski definition) is 5. The number of amides is 2. The highest BCUT2D eigenvalue weighted by Gasteiger charge is 2.08. The second-order valence-corrected chi connectivity index (χ2v) is 3.98. The van der Waals surface area contributed by atoms with Gasteiger partial charge in [0.2, 0.25) is 6.41 Å². The van der Waals surface area contributed by atoms with Crippen molar-refractivity contribution in [2.45, 2.75) is 6.42 Å². The zero-order valence-electron chi connectivity index (χ0n) is 12.2. The summed E-state index contributed by atoms with van der Waals surface area (Å²) in [5, 5.41) is 14.5. The fraction of sp³-hybridized carbons (Fsp3) is 0.429. The summed E-state index contributed by atoms with van der Waals surface area (Å²) >= 11 is 0. The summed E-state index contributed by atoms with van der Waals surface area (Å²) in [6.07, 6.45) is 1.54. The minimum absolute atomic E-state index is 0.0117. The largest absolute Gasteiger partial charge is 0.507 e. The number of benzene rings is 1. The SMILES string of the molecule is COCCNC(=O)c1ccccc1O.NCCCNC=O. The van der Waals surface area contributed by atoms with E-state index in [0.29, 0.717) is 32.7 Å². The quantitative estimate of drug-likeness (QED) is 0.393. The molecule has 1 aromatic carbocycles. The number of nitrogens with two attached hydrogens (primary N) is 1. The van der Waals surface area contributed by atoms with Gasteiger partial charge >= 0.3 is 0 Å². The Morgan fingerprint density at radius 1 is 1.38 bits per heavy atom. The number of carbonyl (C=O) groups excluding carboxylic acids is 2. The maximum atomic E-state index is 11.4. The number of nitrogens with one attached hydrogen (secondary N) is 2. The van der Waals surface area contributed by atoms with Crippen molar-refractivity contribution in [3.63, 3.8) is 0 Å². The maximum Gasteiger partial charge on any atom is 0.255 e. The van der Waals surface area contributed by atoms with E-state index in [1.54, 1.807) is 25.3 Å². The third-order valence-electron chi connectivity index (χ3n) is 2.35. The molecule has 0 radical (unpaired) electrons. The summed E-state index contributed by atoms with van der Waals surface area (Å²) in [4.78, 5) is 20.9. The first kappa shape index (κ1) is 18.9. The van der Waals surface area contributed by atoms with E-state index >= 15 is 0 Å². The summed E-state index contributed by atoms with van der Waals surface area (Å²) in [5.74, 6) is -0.303. The Labute approximate surface area is 124 Å². The highest BCUT2D eigenvalue weighted by Crippen LogP contribution is 2.14. The lowest BCUT2D eigenvalue weighted by atomic mass is 10.2. The van der Waals surface area contributed by atoms with Crippen LogP contribution in [-0.2, 0) is 9.53 Å². The highest BCUT2D eigenvalue weighted by atomic mass is 16.5. The molecule has 0 unspecified atom stereocenters. The molecule has 1 aromatic rings. The van der Waals surface area contributed by atoms with E-state index in [0.717, 1.165) is 6.42 Å². The van der Waals surface area contributed by atoms with Crippen LogP contribution < -0.4 is 16.4 Å². The zero-order valence-corrected chi connectivity index (χ0v) is 12.2. The smallest absolute Gasteiger partial charge is 0.255 e. The van der Waals surface area contributed by atoms with Gasteiger partial charge in [-0.15, -0.1) is 0 Å². The van der Waals surface area contributed by atoms with Crippen LogP contribution in [0.3, 0.4) is 0 Å². The Kier molecular flexibility index (Phi) is 11.6. The number of aromatic hydroxyl groups is 1. The number of phenolic OH excluding ortho intramolecular Hbond substituents is 1. The van der Waals surface area contributed by atoms with E-state index in [1.807, 2.05) is 0 Å². The van der Waals surface area contributed by atoms with Gasteiger partial charge in [-0.2, -0.15) is 0 Å². The molecule has 0 saturated carbocycles. The first-order valence-corrected chi connectivity index (χ1v) is 6.59. The Morgan fingerprint density at radius 3 is 2.67 bits per heavy atom. The van der Waals surface area contributed by atoms with Crippen molar-refractivity contribution in [2.75, 3.05) is 33.4 Å². The molecule has 1 rings (SSSR count). The topological polar surface area (TPSA) is 114 Å². The van der Waals surface area contributed by atoms with Gasteiger partial charge in [-0.3, -0.25) is 9.59 Å². The average molecular weight is 297 g/mol. The molecule has 0 aliphatic heterocycles. The van der Waals surface area contributed by atoms with Gasteiger partial charge in [0.25, 0.3) is 5.91 Å². The average Bonchev–Trinajstić information content (AvgIpc) is 2.49. The number of methoxy groups -OCH3 is 1. The van der Waals surface area contributed by atoms with E-state index in [-0.39, 0.29) is 17.2 Å². The lowest BCUT2D eigenvalue weighted by molar-refractivity contribution is -0.109. The summed E-state index contributed by atoms with van der Waals surface area (Å²) in [6.45, 7) is 2.23. The van der Waals surface area contributed by atoms with Gasteiger partial charge in [0, 0.05) is 20.2 Å². The van der Waals surface area contributed by atoms with Crippen LogP contribution in [0, 0.1) is 0 Å². The van der Waals surface area contributed by atoms with Crippen molar-refractivity contribution < 1.29 is 19.4 Å².